The van der Waals surface area contributed by atoms with Gasteiger partial charge in [0.2, 0.25) is 5.91 Å². The van der Waals surface area contributed by atoms with Crippen LogP contribution in [-0.2, 0) is 14.4 Å². The molecule has 2 aliphatic heterocycles. The van der Waals surface area contributed by atoms with E-state index in [4.69, 9.17) is 0 Å². The molecule has 3 rings (SSSR count). The van der Waals surface area contributed by atoms with Crippen molar-refractivity contribution in [2.45, 2.75) is 63.5 Å². The highest BCUT2D eigenvalue weighted by Gasteiger charge is 2.53. The average Bonchev–Trinajstić information content (AvgIpc) is 3.16. The van der Waals surface area contributed by atoms with Crippen LogP contribution in [0.4, 0.5) is 4.79 Å². The first kappa shape index (κ1) is 17.7. The summed E-state index contributed by atoms with van der Waals surface area (Å²) in [6.45, 7) is 2.09. The summed E-state index contributed by atoms with van der Waals surface area (Å²) >= 11 is 0. The van der Waals surface area contributed by atoms with Gasteiger partial charge in [0.25, 0.3) is 5.91 Å². The number of rotatable bonds is 4. The second-order valence-corrected chi connectivity index (χ2v) is 7.34. The van der Waals surface area contributed by atoms with Crippen LogP contribution in [0.2, 0.25) is 0 Å². The second kappa shape index (κ2) is 6.65. The number of carbonyl (C=O) groups excluding carboxylic acids is 3. The highest BCUT2D eigenvalue weighted by atomic mass is 16.4. The third-order valence-electron chi connectivity index (χ3n) is 5.93. The molecule has 1 aliphatic carbocycles. The van der Waals surface area contributed by atoms with Gasteiger partial charge in [0.15, 0.2) is 0 Å². The van der Waals surface area contributed by atoms with Crippen LogP contribution in [0.15, 0.2) is 0 Å². The van der Waals surface area contributed by atoms with Gasteiger partial charge in [-0.25, -0.2) is 9.59 Å². The third kappa shape index (κ3) is 3.09. The molecular weight excluding hydrogens is 326 g/mol. The zero-order valence-electron chi connectivity index (χ0n) is 14.5. The molecule has 8 heteroatoms. The molecule has 138 valence electrons. The number of nitrogens with zero attached hydrogens (tertiary/aromatic N) is 2. The SMILES string of the molecule is CCC1CCC2(CC1)NC(=O)N(CC(=O)N1CCC[C@H]1C(=O)O)C2=O. The summed E-state index contributed by atoms with van der Waals surface area (Å²) < 4.78 is 0. The van der Waals surface area contributed by atoms with E-state index in [0.29, 0.717) is 38.1 Å². The standard InChI is InChI=1S/C17H25N3O5/c1-2-11-5-7-17(8-6-11)15(24)20(16(25)18-17)10-13(21)19-9-3-4-12(19)14(22)23/h11-12H,2-10H2,1H3,(H,18,25)(H,22,23)/t11?,12-,17?/m0/s1. The fraction of sp³-hybridized carbons (Fsp3) is 0.765. The molecule has 25 heavy (non-hydrogen) atoms. The molecule has 0 aromatic carbocycles. The minimum absolute atomic E-state index is 0.341. The number of hydrogen-bond acceptors (Lipinski definition) is 4. The van der Waals surface area contributed by atoms with E-state index < -0.39 is 29.5 Å². The van der Waals surface area contributed by atoms with Crippen molar-refractivity contribution in [1.82, 2.24) is 15.1 Å². The van der Waals surface area contributed by atoms with Crippen LogP contribution in [0.25, 0.3) is 0 Å². The van der Waals surface area contributed by atoms with Crippen LogP contribution < -0.4 is 5.32 Å². The summed E-state index contributed by atoms with van der Waals surface area (Å²) in [6.07, 6.45) is 5.06. The number of hydrogen-bond donors (Lipinski definition) is 2. The first-order chi connectivity index (χ1) is 11.9. The Morgan fingerprint density at radius 2 is 1.92 bits per heavy atom. The minimum atomic E-state index is -1.04. The largest absolute Gasteiger partial charge is 0.480 e. The summed E-state index contributed by atoms with van der Waals surface area (Å²) in [5.41, 5.74) is -0.875. The Morgan fingerprint density at radius 3 is 2.52 bits per heavy atom. The van der Waals surface area contributed by atoms with E-state index in [2.05, 4.69) is 12.2 Å². The number of amides is 4. The van der Waals surface area contributed by atoms with Gasteiger partial charge in [-0.3, -0.25) is 14.5 Å². The molecule has 0 aromatic heterocycles. The topological polar surface area (TPSA) is 107 Å². The van der Waals surface area contributed by atoms with Crippen molar-refractivity contribution >= 4 is 23.8 Å². The maximum absolute atomic E-state index is 12.8. The van der Waals surface area contributed by atoms with E-state index >= 15 is 0 Å². The van der Waals surface area contributed by atoms with Crippen LogP contribution in [-0.4, -0.2) is 63.4 Å². The van der Waals surface area contributed by atoms with Crippen LogP contribution in [0.5, 0.6) is 0 Å². The van der Waals surface area contributed by atoms with Crippen molar-refractivity contribution in [2.75, 3.05) is 13.1 Å². The van der Waals surface area contributed by atoms with Gasteiger partial charge in [-0.05, 0) is 44.4 Å². The van der Waals surface area contributed by atoms with Crippen molar-refractivity contribution < 1.29 is 24.3 Å². The molecule has 2 saturated heterocycles. The molecular formula is C17H25N3O5. The molecule has 8 nitrogen and oxygen atoms in total. The van der Waals surface area contributed by atoms with Crippen molar-refractivity contribution in [3.63, 3.8) is 0 Å². The summed E-state index contributed by atoms with van der Waals surface area (Å²) in [5, 5.41) is 12.0. The fourth-order valence-electron chi connectivity index (χ4n) is 4.29. The molecule has 0 radical (unpaired) electrons. The second-order valence-electron chi connectivity index (χ2n) is 7.34. The predicted octanol–water partition coefficient (Wildman–Crippen LogP) is 0.953. The number of urea groups is 1. The molecule has 1 atom stereocenters. The number of likely N-dealkylation sites (tertiary alicyclic amines) is 1. The van der Waals surface area contributed by atoms with Gasteiger partial charge in [0, 0.05) is 6.54 Å². The lowest BCUT2D eigenvalue weighted by atomic mass is 9.75. The Bertz CT molecular complexity index is 597. The molecule has 1 spiro atoms. The van der Waals surface area contributed by atoms with Crippen LogP contribution in [0.3, 0.4) is 0 Å². The minimum Gasteiger partial charge on any atom is -0.480 e. The number of carboxylic acid groups (broad SMARTS) is 1. The maximum atomic E-state index is 12.8. The van der Waals surface area contributed by atoms with Crippen LogP contribution in [0.1, 0.15) is 51.9 Å². The molecule has 3 fully saturated rings. The van der Waals surface area contributed by atoms with Gasteiger partial charge < -0.3 is 15.3 Å². The molecule has 0 unspecified atom stereocenters. The maximum Gasteiger partial charge on any atom is 0.326 e. The zero-order chi connectivity index (χ0) is 18.2. The van der Waals surface area contributed by atoms with Gasteiger partial charge in [-0.1, -0.05) is 13.3 Å². The van der Waals surface area contributed by atoms with Gasteiger partial charge in [0.05, 0.1) is 0 Å². The lowest BCUT2D eigenvalue weighted by molar-refractivity contribution is -0.149. The Labute approximate surface area is 146 Å². The number of carbonyl (C=O) groups is 4. The van der Waals surface area contributed by atoms with Crippen molar-refractivity contribution in [1.29, 1.82) is 0 Å². The van der Waals surface area contributed by atoms with E-state index in [1.807, 2.05) is 0 Å². The van der Waals surface area contributed by atoms with Crippen molar-refractivity contribution in [3.05, 3.63) is 0 Å². The predicted molar refractivity (Wildman–Crippen MR) is 87.6 cm³/mol. The van der Waals surface area contributed by atoms with E-state index in [9.17, 15) is 24.3 Å². The summed E-state index contributed by atoms with van der Waals surface area (Å²) in [4.78, 5) is 51.0. The fourth-order valence-corrected chi connectivity index (χ4v) is 4.29. The molecule has 0 bridgehead atoms. The van der Waals surface area contributed by atoms with Gasteiger partial charge in [-0.2, -0.15) is 0 Å². The van der Waals surface area contributed by atoms with Crippen molar-refractivity contribution in [2.24, 2.45) is 5.92 Å². The summed E-state index contributed by atoms with van der Waals surface area (Å²) in [7, 11) is 0. The molecule has 3 aliphatic rings. The van der Waals surface area contributed by atoms with E-state index in [-0.39, 0.29) is 12.5 Å². The first-order valence-electron chi connectivity index (χ1n) is 9.04. The highest BCUT2D eigenvalue weighted by Crippen LogP contribution is 2.37. The van der Waals surface area contributed by atoms with Crippen molar-refractivity contribution in [3.8, 4) is 0 Å². The Morgan fingerprint density at radius 1 is 1.24 bits per heavy atom. The zero-order valence-corrected chi connectivity index (χ0v) is 14.5. The number of carboxylic acids is 1. The lowest BCUT2D eigenvalue weighted by Gasteiger charge is -2.34. The van der Waals surface area contributed by atoms with Crippen LogP contribution in [0, 0.1) is 5.92 Å². The van der Waals surface area contributed by atoms with E-state index in [1.54, 1.807) is 0 Å². The Hall–Kier alpha value is -2.12. The molecule has 2 N–H and O–H groups in total. The Balaban J connectivity index is 1.67. The van der Waals surface area contributed by atoms with Gasteiger partial charge in [0.1, 0.15) is 18.1 Å². The van der Waals surface area contributed by atoms with Crippen LogP contribution >= 0.6 is 0 Å². The average molecular weight is 351 g/mol. The quantitative estimate of drug-likeness (QED) is 0.734. The highest BCUT2D eigenvalue weighted by molar-refractivity contribution is 6.09. The molecule has 2 heterocycles. The number of nitrogens with one attached hydrogen (secondary N) is 1. The smallest absolute Gasteiger partial charge is 0.326 e. The normalized spacial score (nSPS) is 32.4. The van der Waals surface area contributed by atoms with E-state index in [0.717, 1.165) is 24.2 Å². The molecule has 4 amide bonds. The van der Waals surface area contributed by atoms with Gasteiger partial charge in [-0.15, -0.1) is 0 Å². The van der Waals surface area contributed by atoms with Gasteiger partial charge >= 0.3 is 12.0 Å². The molecule has 1 saturated carbocycles. The number of imide groups is 1. The monoisotopic (exact) mass is 351 g/mol. The summed E-state index contributed by atoms with van der Waals surface area (Å²) in [5.74, 6) is -1.29. The third-order valence-corrected chi connectivity index (χ3v) is 5.93. The Kier molecular flexibility index (Phi) is 4.71. The first-order valence-corrected chi connectivity index (χ1v) is 9.04. The lowest BCUT2D eigenvalue weighted by Crippen LogP contribution is -2.50. The summed E-state index contributed by atoms with van der Waals surface area (Å²) in [6, 6.07) is -1.40. The van der Waals surface area contributed by atoms with E-state index in [1.165, 1.54) is 4.90 Å². The molecule has 0 aromatic rings. The number of aliphatic carboxylic acids is 1.